The summed E-state index contributed by atoms with van der Waals surface area (Å²) in [6.45, 7) is 2.36. The molecule has 0 saturated carbocycles. The Hall–Kier alpha value is -1.07. The zero-order chi connectivity index (χ0) is 13.3. The van der Waals surface area contributed by atoms with Gasteiger partial charge in [-0.05, 0) is 31.5 Å². The monoisotopic (exact) mass is 276 g/mol. The number of halogens is 1. The van der Waals surface area contributed by atoms with Gasteiger partial charge in [0.2, 0.25) is 0 Å². The second-order valence-electron chi connectivity index (χ2n) is 4.20. The van der Waals surface area contributed by atoms with Crippen molar-refractivity contribution < 1.29 is 18.3 Å². The van der Waals surface area contributed by atoms with Gasteiger partial charge in [0.1, 0.15) is 0 Å². The van der Waals surface area contributed by atoms with Crippen molar-refractivity contribution in [2.75, 3.05) is 0 Å². The molecule has 17 heavy (non-hydrogen) atoms. The summed E-state index contributed by atoms with van der Waals surface area (Å²) in [5, 5.41) is 9.40. The van der Waals surface area contributed by atoms with Gasteiger partial charge in [-0.1, -0.05) is 23.7 Å². The van der Waals surface area contributed by atoms with Crippen LogP contribution in [0.3, 0.4) is 0 Å². The fraction of sp³-hybridized carbons (Fsp3) is 0.364. The van der Waals surface area contributed by atoms with Crippen molar-refractivity contribution in [1.29, 1.82) is 0 Å². The lowest BCUT2D eigenvalue weighted by Gasteiger charge is -2.19. The van der Waals surface area contributed by atoms with Crippen LogP contribution >= 0.6 is 11.6 Å². The van der Waals surface area contributed by atoms with Crippen molar-refractivity contribution in [3.63, 3.8) is 0 Å². The average Bonchev–Trinajstić information content (AvgIpc) is 2.20. The third kappa shape index (κ3) is 2.98. The summed E-state index contributed by atoms with van der Waals surface area (Å²) in [6, 6.07) is 6.27. The molecule has 0 unspecified atom stereocenters. The smallest absolute Gasteiger partial charge is 0.324 e. The molecule has 0 bridgehead atoms. The van der Waals surface area contributed by atoms with Crippen molar-refractivity contribution in [3.8, 4) is 0 Å². The molecule has 0 atom stereocenters. The Morgan fingerprint density at radius 1 is 1.29 bits per heavy atom. The van der Waals surface area contributed by atoms with Crippen molar-refractivity contribution in [1.82, 2.24) is 0 Å². The van der Waals surface area contributed by atoms with Gasteiger partial charge >= 0.3 is 5.97 Å². The number of hydrogen-bond donors (Lipinski definition) is 1. The summed E-state index contributed by atoms with van der Waals surface area (Å²) < 4.78 is 22.1. The summed E-state index contributed by atoms with van der Waals surface area (Å²) in [6.07, 6.45) is 0. The van der Waals surface area contributed by atoms with E-state index in [9.17, 15) is 13.2 Å². The van der Waals surface area contributed by atoms with Gasteiger partial charge in [-0.3, -0.25) is 4.79 Å². The fourth-order valence-corrected chi connectivity index (χ4v) is 2.50. The molecule has 0 aliphatic carbocycles. The Labute approximate surface area is 105 Å². The highest BCUT2D eigenvalue weighted by molar-refractivity contribution is 7.92. The Bertz CT molecular complexity index is 517. The lowest BCUT2D eigenvalue weighted by molar-refractivity contribution is -0.139. The van der Waals surface area contributed by atoms with Crippen LogP contribution in [0.1, 0.15) is 19.4 Å². The highest BCUT2D eigenvalue weighted by atomic mass is 35.5. The first-order valence-corrected chi connectivity index (χ1v) is 6.90. The number of sulfone groups is 1. The van der Waals surface area contributed by atoms with Gasteiger partial charge in [0.05, 0.1) is 5.75 Å². The molecule has 1 aromatic carbocycles. The molecule has 0 saturated heterocycles. The molecule has 6 heteroatoms. The largest absolute Gasteiger partial charge is 0.480 e. The standard InChI is InChI=1S/C11H13ClO4S/c1-11(2,10(13)14)17(15,16)7-8-3-5-9(12)6-4-8/h3-6H,7H2,1-2H3,(H,13,14). The Balaban J connectivity index is 3.02. The minimum Gasteiger partial charge on any atom is -0.480 e. The van der Waals surface area contributed by atoms with Gasteiger partial charge in [-0.2, -0.15) is 0 Å². The van der Waals surface area contributed by atoms with Gasteiger partial charge in [0, 0.05) is 5.02 Å². The minimum atomic E-state index is -3.77. The highest BCUT2D eigenvalue weighted by Crippen LogP contribution is 2.22. The van der Waals surface area contributed by atoms with Crippen LogP contribution in [-0.4, -0.2) is 24.2 Å². The molecular formula is C11H13ClO4S. The predicted molar refractivity (Wildman–Crippen MR) is 65.8 cm³/mol. The van der Waals surface area contributed by atoms with Crippen molar-refractivity contribution in [2.45, 2.75) is 24.3 Å². The Kier molecular flexibility index (Phi) is 3.84. The number of carboxylic acid groups (broad SMARTS) is 1. The second kappa shape index (κ2) is 4.66. The van der Waals surface area contributed by atoms with E-state index < -0.39 is 20.6 Å². The molecule has 0 radical (unpaired) electrons. The fourth-order valence-electron chi connectivity index (χ4n) is 1.11. The summed E-state index contributed by atoms with van der Waals surface area (Å²) >= 11 is 5.68. The summed E-state index contributed by atoms with van der Waals surface area (Å²) in [5.74, 6) is -1.67. The normalized spacial score (nSPS) is 12.4. The number of carbonyl (C=O) groups is 1. The molecule has 94 valence electrons. The van der Waals surface area contributed by atoms with Crippen LogP contribution in [0, 0.1) is 0 Å². The number of aliphatic carboxylic acids is 1. The maximum atomic E-state index is 11.9. The number of carboxylic acids is 1. The molecule has 1 aromatic rings. The van der Waals surface area contributed by atoms with E-state index in [0.29, 0.717) is 10.6 Å². The molecule has 0 fully saturated rings. The third-order valence-corrected chi connectivity index (χ3v) is 5.26. The summed E-state index contributed by atoms with van der Waals surface area (Å²) in [7, 11) is -3.77. The van der Waals surface area contributed by atoms with Crippen LogP contribution in [0.2, 0.25) is 5.02 Å². The molecule has 1 rings (SSSR count). The zero-order valence-electron chi connectivity index (χ0n) is 9.47. The van der Waals surface area contributed by atoms with E-state index in [-0.39, 0.29) is 5.75 Å². The number of benzene rings is 1. The van der Waals surface area contributed by atoms with Crippen molar-refractivity contribution in [3.05, 3.63) is 34.9 Å². The van der Waals surface area contributed by atoms with Gasteiger partial charge in [-0.25, -0.2) is 8.42 Å². The zero-order valence-corrected chi connectivity index (χ0v) is 11.0. The van der Waals surface area contributed by atoms with Crippen molar-refractivity contribution >= 4 is 27.4 Å². The van der Waals surface area contributed by atoms with Gasteiger partial charge in [-0.15, -0.1) is 0 Å². The topological polar surface area (TPSA) is 71.4 Å². The van der Waals surface area contributed by atoms with Crippen LogP contribution in [0.25, 0.3) is 0 Å². The lowest BCUT2D eigenvalue weighted by Crippen LogP contribution is -2.41. The molecule has 4 nitrogen and oxygen atoms in total. The third-order valence-electron chi connectivity index (χ3n) is 2.56. The Morgan fingerprint density at radius 3 is 2.18 bits per heavy atom. The average molecular weight is 277 g/mol. The van der Waals surface area contributed by atoms with Crippen LogP contribution in [0.15, 0.2) is 24.3 Å². The van der Waals surface area contributed by atoms with E-state index in [1.807, 2.05) is 0 Å². The molecular weight excluding hydrogens is 264 g/mol. The van der Waals surface area contributed by atoms with Crippen LogP contribution in [0.5, 0.6) is 0 Å². The minimum absolute atomic E-state index is 0.316. The van der Waals surface area contributed by atoms with Crippen molar-refractivity contribution in [2.24, 2.45) is 0 Å². The molecule has 0 aliphatic heterocycles. The first kappa shape index (κ1) is 14.0. The summed E-state index contributed by atoms with van der Waals surface area (Å²) in [5.41, 5.74) is 0.517. The quantitative estimate of drug-likeness (QED) is 0.914. The second-order valence-corrected chi connectivity index (χ2v) is 7.18. The number of rotatable bonds is 4. The van der Waals surface area contributed by atoms with E-state index in [0.717, 1.165) is 0 Å². The van der Waals surface area contributed by atoms with E-state index in [1.165, 1.54) is 13.8 Å². The maximum absolute atomic E-state index is 11.9. The van der Waals surface area contributed by atoms with Gasteiger partial charge in [0.15, 0.2) is 14.6 Å². The predicted octanol–water partition coefficient (Wildman–Crippen LogP) is 2.12. The molecule has 0 aromatic heterocycles. The van der Waals surface area contributed by atoms with E-state index in [4.69, 9.17) is 16.7 Å². The van der Waals surface area contributed by atoms with Gasteiger partial charge in [0.25, 0.3) is 0 Å². The first-order chi connectivity index (χ1) is 7.67. The van der Waals surface area contributed by atoms with E-state index >= 15 is 0 Å². The van der Waals surface area contributed by atoms with Crippen LogP contribution in [-0.2, 0) is 20.4 Å². The Morgan fingerprint density at radius 2 is 1.76 bits per heavy atom. The number of hydrogen-bond acceptors (Lipinski definition) is 3. The van der Waals surface area contributed by atoms with Gasteiger partial charge < -0.3 is 5.11 Å². The van der Waals surface area contributed by atoms with Crippen LogP contribution in [0.4, 0.5) is 0 Å². The molecule has 0 amide bonds. The lowest BCUT2D eigenvalue weighted by atomic mass is 10.2. The molecule has 0 heterocycles. The first-order valence-electron chi connectivity index (χ1n) is 4.87. The van der Waals surface area contributed by atoms with E-state index in [2.05, 4.69) is 0 Å². The molecule has 1 N–H and O–H groups in total. The summed E-state index contributed by atoms with van der Waals surface area (Å²) in [4.78, 5) is 10.9. The molecule has 0 aliphatic rings. The highest BCUT2D eigenvalue weighted by Gasteiger charge is 2.41. The van der Waals surface area contributed by atoms with Crippen LogP contribution < -0.4 is 0 Å². The maximum Gasteiger partial charge on any atom is 0.324 e. The van der Waals surface area contributed by atoms with E-state index in [1.54, 1.807) is 24.3 Å². The molecule has 0 spiro atoms. The SMILES string of the molecule is CC(C)(C(=O)O)S(=O)(=O)Cc1ccc(Cl)cc1.